The Morgan fingerprint density at radius 2 is 2.16 bits per heavy atom. The Bertz CT molecular complexity index is 1250. The van der Waals surface area contributed by atoms with E-state index in [1.807, 2.05) is 5.32 Å². The number of anilines is 3. The number of methoxy groups -OCH3 is 1. The minimum atomic E-state index is -2.85. The zero-order valence-electron chi connectivity index (χ0n) is 20.3. The van der Waals surface area contributed by atoms with Gasteiger partial charge in [0.15, 0.2) is 17.3 Å². The fourth-order valence-corrected chi connectivity index (χ4v) is 2.86. The number of hydrogen-bond donors (Lipinski definition) is 3. The topological polar surface area (TPSA) is 119 Å². The van der Waals surface area contributed by atoms with Crippen molar-refractivity contribution in [1.82, 2.24) is 30.3 Å². The molecule has 168 valence electrons. The van der Waals surface area contributed by atoms with E-state index < -0.39 is 30.7 Å². The van der Waals surface area contributed by atoms with Crippen LogP contribution in [0.15, 0.2) is 42.5 Å². The zero-order chi connectivity index (χ0) is 25.8. The molecule has 12 heteroatoms. The van der Waals surface area contributed by atoms with Gasteiger partial charge in [0.05, 0.1) is 41.6 Å². The van der Waals surface area contributed by atoms with Crippen LogP contribution in [0.25, 0.3) is 11.4 Å². The van der Waals surface area contributed by atoms with E-state index in [4.69, 9.17) is 8.85 Å². The van der Waals surface area contributed by atoms with E-state index in [-0.39, 0.29) is 17.1 Å². The first-order valence-corrected chi connectivity index (χ1v) is 9.23. The first-order chi connectivity index (χ1) is 16.5. The van der Waals surface area contributed by atoms with Gasteiger partial charge in [0.25, 0.3) is 12.3 Å². The molecule has 10 nitrogen and oxygen atoms in total. The van der Waals surface area contributed by atoms with Gasteiger partial charge in [-0.3, -0.25) is 9.48 Å². The molecule has 1 amide bonds. The van der Waals surface area contributed by atoms with Gasteiger partial charge in [0.2, 0.25) is 0 Å². The van der Waals surface area contributed by atoms with E-state index in [1.165, 1.54) is 25.0 Å². The summed E-state index contributed by atoms with van der Waals surface area (Å²) in [5.74, 6) is -0.457. The molecule has 3 N–H and O–H groups in total. The molecule has 0 unspecified atom stereocenters. The molecule has 2 aromatic heterocycles. The number of halogens is 2. The van der Waals surface area contributed by atoms with Crippen LogP contribution in [0.3, 0.4) is 0 Å². The number of nitrogens with one attached hydrogen (secondary N) is 3. The molecule has 0 radical (unpaired) electrons. The van der Waals surface area contributed by atoms with Crippen molar-refractivity contribution in [3.05, 3.63) is 48.2 Å². The summed E-state index contributed by atoms with van der Waals surface area (Å²) in [7, 11) is 3.11. The predicted octanol–water partition coefficient (Wildman–Crippen LogP) is 2.96. The Morgan fingerprint density at radius 1 is 1.34 bits per heavy atom. The van der Waals surface area contributed by atoms with Crippen molar-refractivity contribution in [2.75, 3.05) is 24.7 Å². The van der Waals surface area contributed by atoms with Crippen molar-refractivity contribution in [2.24, 2.45) is 7.05 Å². The number of alkyl halides is 2. The maximum Gasteiger partial charge on any atom is 0.277 e. The van der Waals surface area contributed by atoms with Crippen molar-refractivity contribution in [3.63, 3.8) is 0 Å². The maximum absolute atomic E-state index is 13.4. The van der Waals surface area contributed by atoms with E-state index in [1.54, 1.807) is 25.2 Å². The summed E-state index contributed by atoms with van der Waals surface area (Å²) in [6.45, 7) is -1.41. The van der Waals surface area contributed by atoms with Crippen LogP contribution in [0.1, 0.15) is 21.5 Å². The number of carbonyl (C=O) groups is 1. The number of carbonyl (C=O) groups excluding carboxylic acids is 1. The summed E-state index contributed by atoms with van der Waals surface area (Å²) in [5, 5.41) is 19.0. The highest BCUT2D eigenvalue weighted by Crippen LogP contribution is 2.38. The fourth-order valence-electron chi connectivity index (χ4n) is 2.86. The Hall–Kier alpha value is -4.09. The van der Waals surface area contributed by atoms with Gasteiger partial charge in [-0.05, 0) is 19.1 Å². The lowest BCUT2D eigenvalue weighted by atomic mass is 10.1. The van der Waals surface area contributed by atoms with Gasteiger partial charge in [0.1, 0.15) is 6.33 Å². The van der Waals surface area contributed by atoms with Crippen LogP contribution in [0, 0.1) is 0 Å². The summed E-state index contributed by atoms with van der Waals surface area (Å²) < 4.78 is 55.8. The Kier molecular flexibility index (Phi) is 5.72. The number of para-hydroxylation sites is 1. The van der Waals surface area contributed by atoms with E-state index in [0.717, 1.165) is 12.3 Å². The smallest absolute Gasteiger partial charge is 0.277 e. The van der Waals surface area contributed by atoms with Crippen molar-refractivity contribution in [1.29, 1.82) is 0 Å². The lowest BCUT2D eigenvalue weighted by molar-refractivity contribution is 0.0958. The molecule has 1 aromatic carbocycles. The highest BCUT2D eigenvalue weighted by molar-refractivity contribution is 6.01. The minimum Gasteiger partial charge on any atom is -0.494 e. The third-order valence-electron chi connectivity index (χ3n) is 4.32. The molecule has 0 aliphatic heterocycles. The van der Waals surface area contributed by atoms with Gasteiger partial charge in [-0.1, -0.05) is 12.1 Å². The largest absolute Gasteiger partial charge is 0.494 e. The molecular formula is C20H22F2N8O2. The summed E-state index contributed by atoms with van der Waals surface area (Å²) >= 11 is 0. The van der Waals surface area contributed by atoms with Crippen molar-refractivity contribution < 1.29 is 22.4 Å². The monoisotopic (exact) mass is 447 g/mol. The molecule has 0 spiro atoms. The number of aryl methyl sites for hydroxylation is 1. The molecule has 0 bridgehead atoms. The lowest BCUT2D eigenvalue weighted by Gasteiger charge is -2.19. The molecule has 3 aromatic rings. The van der Waals surface area contributed by atoms with Crippen LogP contribution in [0.5, 0.6) is 5.75 Å². The van der Waals surface area contributed by atoms with Crippen molar-refractivity contribution in [3.8, 4) is 17.1 Å². The van der Waals surface area contributed by atoms with E-state index in [9.17, 15) is 13.6 Å². The molecule has 0 atom stereocenters. The average Bonchev–Trinajstić information content (AvgIpc) is 3.22. The number of aromatic nitrogens is 5. The summed E-state index contributed by atoms with van der Waals surface area (Å²) in [6.07, 6.45) is 0.931. The molecule has 0 saturated carbocycles. The lowest BCUT2D eigenvalue weighted by Crippen LogP contribution is -2.22. The highest BCUT2D eigenvalue weighted by Gasteiger charge is 2.22. The Balaban J connectivity index is 2.14. The maximum atomic E-state index is 13.4. The SMILES string of the molecule is [2H]C([2H])([2H])NC(=O)c1nncc(NC(=CC)C(F)F)c1Nc1cccc(-c2ncn(C)n2)c1OC. The molecule has 0 aliphatic carbocycles. The van der Waals surface area contributed by atoms with E-state index in [0.29, 0.717) is 17.1 Å². The second-order valence-corrected chi connectivity index (χ2v) is 6.36. The number of rotatable bonds is 8. The number of allylic oxidation sites excluding steroid dienone is 2. The third kappa shape index (κ3) is 4.63. The van der Waals surface area contributed by atoms with Gasteiger partial charge in [-0.25, -0.2) is 13.8 Å². The average molecular weight is 447 g/mol. The number of benzene rings is 1. The summed E-state index contributed by atoms with van der Waals surface area (Å²) in [5.41, 5.74) is -0.250. The first-order valence-electron chi connectivity index (χ1n) is 10.7. The summed E-state index contributed by atoms with van der Waals surface area (Å²) in [4.78, 5) is 16.9. The molecule has 0 saturated heterocycles. The molecule has 0 fully saturated rings. The number of ether oxygens (including phenoxy) is 1. The van der Waals surface area contributed by atoms with Crippen LogP contribution in [0.4, 0.5) is 25.8 Å². The van der Waals surface area contributed by atoms with Crippen LogP contribution >= 0.6 is 0 Å². The van der Waals surface area contributed by atoms with Gasteiger partial charge < -0.3 is 20.7 Å². The number of nitrogens with zero attached hydrogens (tertiary/aromatic N) is 5. The minimum absolute atomic E-state index is 0.0486. The Morgan fingerprint density at radius 3 is 2.78 bits per heavy atom. The second kappa shape index (κ2) is 9.81. The highest BCUT2D eigenvalue weighted by atomic mass is 19.3. The predicted molar refractivity (Wildman–Crippen MR) is 115 cm³/mol. The third-order valence-corrected chi connectivity index (χ3v) is 4.32. The van der Waals surface area contributed by atoms with Gasteiger partial charge in [0, 0.05) is 18.1 Å². The zero-order valence-corrected chi connectivity index (χ0v) is 17.3. The van der Waals surface area contributed by atoms with E-state index in [2.05, 4.69) is 30.9 Å². The first kappa shape index (κ1) is 18.7. The van der Waals surface area contributed by atoms with Gasteiger partial charge in [-0.15, -0.1) is 5.10 Å². The standard InChI is InChI=1S/C20H22F2N8O2/c1-5-12(18(21)22)26-14-9-25-28-16(20(31)23-2)15(14)27-13-8-6-7-11(17(13)32-4)19-24-10-30(3)29-19/h5-10,18H,1-4H3,(H,23,31)(H,25,27)(H,26,28)/i2D3. The molecular weight excluding hydrogens is 422 g/mol. The quantitative estimate of drug-likeness (QED) is 0.482. The second-order valence-electron chi connectivity index (χ2n) is 6.36. The van der Waals surface area contributed by atoms with Crippen molar-refractivity contribution in [2.45, 2.75) is 13.3 Å². The fraction of sp³-hybridized carbons (Fsp3) is 0.250. The molecule has 3 rings (SSSR count). The Labute approximate surface area is 186 Å². The van der Waals surface area contributed by atoms with E-state index >= 15 is 0 Å². The van der Waals surface area contributed by atoms with Crippen molar-refractivity contribution >= 4 is 23.0 Å². The van der Waals surface area contributed by atoms with Crippen LogP contribution < -0.4 is 20.7 Å². The number of hydrogen-bond acceptors (Lipinski definition) is 8. The van der Waals surface area contributed by atoms with Crippen LogP contribution in [0.2, 0.25) is 0 Å². The van der Waals surface area contributed by atoms with Gasteiger partial charge >= 0.3 is 0 Å². The molecule has 32 heavy (non-hydrogen) atoms. The summed E-state index contributed by atoms with van der Waals surface area (Å²) in [6, 6.07) is 4.97. The normalized spacial score (nSPS) is 13.2. The van der Waals surface area contributed by atoms with Gasteiger partial charge in [-0.2, -0.15) is 10.2 Å². The molecule has 0 aliphatic rings. The number of amides is 1. The molecule has 2 heterocycles. The van der Waals surface area contributed by atoms with Crippen LogP contribution in [-0.4, -0.2) is 51.4 Å². The van der Waals surface area contributed by atoms with Crippen LogP contribution in [-0.2, 0) is 7.05 Å².